The molecule has 0 saturated carbocycles. The van der Waals surface area contributed by atoms with E-state index in [1.807, 2.05) is 84.6 Å². The Bertz CT molecular complexity index is 1730. The fourth-order valence-corrected chi connectivity index (χ4v) is 8.80. The molecule has 7 rings (SSSR count). The predicted octanol–water partition coefficient (Wildman–Crippen LogP) is 4.70. The molecule has 2 saturated heterocycles. The molecule has 0 unspecified atom stereocenters. The fraction of sp³-hybridized carbons (Fsp3) is 0.462. The zero-order valence-corrected chi connectivity index (χ0v) is 28.0. The summed E-state index contributed by atoms with van der Waals surface area (Å²) in [6.45, 7) is 6.58. The number of anilines is 2. The Morgan fingerprint density at radius 1 is 1.00 bits per heavy atom. The van der Waals surface area contributed by atoms with Crippen molar-refractivity contribution < 1.29 is 29.3 Å². The van der Waals surface area contributed by atoms with Crippen LogP contribution in [0.25, 0.3) is 0 Å². The third kappa shape index (κ3) is 5.42. The monoisotopic (exact) mass is 651 g/mol. The summed E-state index contributed by atoms with van der Waals surface area (Å²) >= 11 is 0. The molecule has 3 aromatic carbocycles. The Balaban J connectivity index is 1.19. The zero-order valence-electron chi connectivity index (χ0n) is 28.0. The van der Waals surface area contributed by atoms with Gasteiger partial charge in [-0.3, -0.25) is 14.4 Å². The van der Waals surface area contributed by atoms with Gasteiger partial charge in [0, 0.05) is 42.6 Å². The summed E-state index contributed by atoms with van der Waals surface area (Å²) < 4.78 is 6.89. The van der Waals surface area contributed by atoms with E-state index in [1.165, 1.54) is 0 Å². The highest BCUT2D eigenvalue weighted by Gasteiger charge is 2.66. The second-order valence-electron chi connectivity index (χ2n) is 14.5. The maximum Gasteiger partial charge on any atom is 0.264 e. The molecule has 1 spiro atoms. The average molecular weight is 652 g/mol. The lowest BCUT2D eigenvalue weighted by atomic mass is 9.70. The lowest BCUT2D eigenvalue weighted by Gasteiger charge is -2.38. The minimum atomic E-state index is -1.39. The summed E-state index contributed by atoms with van der Waals surface area (Å²) in [5.41, 5.74) is 2.73. The molecule has 252 valence electrons. The number of aliphatic hydroxyl groups is 2. The summed E-state index contributed by atoms with van der Waals surface area (Å²) in [6, 6.07) is 23.1. The minimum Gasteiger partial charge on any atom is -0.394 e. The van der Waals surface area contributed by atoms with Gasteiger partial charge in [-0.2, -0.15) is 0 Å². The van der Waals surface area contributed by atoms with Crippen molar-refractivity contribution in [1.82, 2.24) is 4.90 Å². The molecule has 5 atom stereocenters. The first-order chi connectivity index (χ1) is 23.0. The molecule has 4 heterocycles. The van der Waals surface area contributed by atoms with Crippen LogP contribution >= 0.6 is 0 Å². The molecule has 9 nitrogen and oxygen atoms in total. The van der Waals surface area contributed by atoms with Crippen LogP contribution in [0.5, 0.6) is 0 Å². The normalized spacial score (nSPS) is 27.1. The van der Waals surface area contributed by atoms with E-state index >= 15 is 0 Å². The van der Waals surface area contributed by atoms with Gasteiger partial charge in [0.2, 0.25) is 11.8 Å². The van der Waals surface area contributed by atoms with Crippen LogP contribution in [-0.2, 0) is 44.2 Å². The number of benzene rings is 3. The van der Waals surface area contributed by atoms with Crippen LogP contribution in [0.3, 0.4) is 0 Å². The standard InChI is InChI=1S/C39H45N3O6/c1-25-36(38(2,3)47)33(21-35(45)41-23-28-13-5-4-12-27(28)20-30(41)24-43)48-39(25)31-15-6-7-16-32(31)42(37(39)46)22-26-11-10-14-29(19-26)40-18-9-8-17-34(40)44/h4-7,10-16,19,25,30,33,36,43,47H,8-9,17-18,20-24H2,1-3H3/t25-,30-,33+,36-,39+/m0/s1. The molecule has 2 fully saturated rings. The Kier molecular flexibility index (Phi) is 8.42. The summed E-state index contributed by atoms with van der Waals surface area (Å²) in [5, 5.41) is 21.8. The Hall–Kier alpha value is -4.05. The van der Waals surface area contributed by atoms with E-state index in [9.17, 15) is 24.6 Å². The van der Waals surface area contributed by atoms with Gasteiger partial charge in [0.25, 0.3) is 5.91 Å². The molecule has 3 aromatic rings. The van der Waals surface area contributed by atoms with Crippen molar-refractivity contribution in [2.45, 2.75) is 89.3 Å². The topological polar surface area (TPSA) is 111 Å². The van der Waals surface area contributed by atoms with E-state index in [1.54, 1.807) is 23.6 Å². The number of carbonyl (C=O) groups is 3. The van der Waals surface area contributed by atoms with E-state index in [0.29, 0.717) is 25.9 Å². The zero-order chi connectivity index (χ0) is 33.8. The smallest absolute Gasteiger partial charge is 0.264 e. The molecule has 0 bridgehead atoms. The van der Waals surface area contributed by atoms with Crippen molar-refractivity contribution in [1.29, 1.82) is 0 Å². The highest BCUT2D eigenvalue weighted by Crippen LogP contribution is 2.58. The lowest BCUT2D eigenvalue weighted by molar-refractivity contribution is -0.151. The molecule has 4 aliphatic rings. The molecule has 48 heavy (non-hydrogen) atoms. The van der Waals surface area contributed by atoms with E-state index in [-0.39, 0.29) is 43.3 Å². The van der Waals surface area contributed by atoms with Crippen LogP contribution in [0.4, 0.5) is 11.4 Å². The third-order valence-corrected chi connectivity index (χ3v) is 11.0. The van der Waals surface area contributed by atoms with Crippen LogP contribution in [0.2, 0.25) is 0 Å². The van der Waals surface area contributed by atoms with Gasteiger partial charge in [0.15, 0.2) is 5.60 Å². The maximum atomic E-state index is 14.8. The summed E-state index contributed by atoms with van der Waals surface area (Å²) in [7, 11) is 0. The van der Waals surface area contributed by atoms with Crippen LogP contribution in [0, 0.1) is 11.8 Å². The number of amides is 3. The second kappa shape index (κ2) is 12.4. The first-order valence-corrected chi connectivity index (χ1v) is 17.2. The van der Waals surface area contributed by atoms with Crippen molar-refractivity contribution >= 4 is 29.1 Å². The SMILES string of the molecule is C[C@H]1[C@H](C(C)(C)O)[C@@H](CC(=O)N2Cc3ccccc3C[C@H]2CO)O[C@]12C(=O)N(Cc1cccc(N3CCCCC3=O)c1)c1ccccc12. The molecule has 2 N–H and O–H groups in total. The molecule has 0 aromatic heterocycles. The summed E-state index contributed by atoms with van der Waals surface area (Å²) in [4.78, 5) is 46.8. The highest BCUT2D eigenvalue weighted by atomic mass is 16.5. The minimum absolute atomic E-state index is 0.0270. The van der Waals surface area contributed by atoms with Crippen molar-refractivity contribution in [3.63, 3.8) is 0 Å². The second-order valence-corrected chi connectivity index (χ2v) is 14.5. The molecule has 4 aliphatic heterocycles. The Morgan fingerprint density at radius 2 is 1.75 bits per heavy atom. The highest BCUT2D eigenvalue weighted by molar-refractivity contribution is 6.07. The van der Waals surface area contributed by atoms with Crippen molar-refractivity contribution in [2.75, 3.05) is 23.0 Å². The number of rotatable bonds is 7. The van der Waals surface area contributed by atoms with Gasteiger partial charge < -0.3 is 29.6 Å². The van der Waals surface area contributed by atoms with Crippen LogP contribution in [0.15, 0.2) is 72.8 Å². The van der Waals surface area contributed by atoms with Crippen LogP contribution < -0.4 is 9.80 Å². The fourth-order valence-electron chi connectivity index (χ4n) is 8.80. The molecule has 3 amide bonds. The number of fused-ring (bicyclic) bond motifs is 3. The number of aliphatic hydroxyl groups excluding tert-OH is 1. The van der Waals surface area contributed by atoms with Crippen LogP contribution in [-0.4, -0.2) is 63.7 Å². The van der Waals surface area contributed by atoms with Crippen molar-refractivity contribution in [2.24, 2.45) is 11.8 Å². The molecular formula is C39H45N3O6. The van der Waals surface area contributed by atoms with Gasteiger partial charge in [-0.1, -0.05) is 61.5 Å². The van der Waals surface area contributed by atoms with Gasteiger partial charge in [-0.05, 0) is 68.0 Å². The number of carbonyl (C=O) groups excluding carboxylic acids is 3. The largest absolute Gasteiger partial charge is 0.394 e. The first kappa shape index (κ1) is 32.5. The predicted molar refractivity (Wildman–Crippen MR) is 182 cm³/mol. The molecule has 0 radical (unpaired) electrons. The van der Waals surface area contributed by atoms with Crippen molar-refractivity contribution in [3.8, 4) is 0 Å². The maximum absolute atomic E-state index is 14.8. The number of nitrogens with zero attached hydrogens (tertiary/aromatic N) is 3. The van der Waals surface area contributed by atoms with Gasteiger partial charge in [0.05, 0.1) is 43.0 Å². The van der Waals surface area contributed by atoms with E-state index < -0.39 is 29.1 Å². The lowest BCUT2D eigenvalue weighted by Crippen LogP contribution is -2.48. The van der Waals surface area contributed by atoms with Gasteiger partial charge in [-0.15, -0.1) is 0 Å². The van der Waals surface area contributed by atoms with Gasteiger partial charge in [-0.25, -0.2) is 0 Å². The number of piperidine rings is 1. The van der Waals surface area contributed by atoms with Crippen molar-refractivity contribution in [3.05, 3.63) is 95.1 Å². The van der Waals surface area contributed by atoms with E-state index in [2.05, 4.69) is 0 Å². The molecule has 9 heteroatoms. The third-order valence-electron chi connectivity index (χ3n) is 11.0. The molecular weight excluding hydrogens is 606 g/mol. The number of ether oxygens (including phenoxy) is 1. The summed E-state index contributed by atoms with van der Waals surface area (Å²) in [6.07, 6.45) is 2.20. The first-order valence-electron chi connectivity index (χ1n) is 17.2. The Labute approximate surface area is 282 Å². The number of hydrogen-bond donors (Lipinski definition) is 2. The van der Waals surface area contributed by atoms with Crippen LogP contribution in [0.1, 0.15) is 68.7 Å². The Morgan fingerprint density at radius 3 is 2.50 bits per heavy atom. The molecule has 0 aliphatic carbocycles. The van der Waals surface area contributed by atoms with E-state index in [0.717, 1.165) is 46.5 Å². The van der Waals surface area contributed by atoms with Gasteiger partial charge in [0.1, 0.15) is 0 Å². The summed E-state index contributed by atoms with van der Waals surface area (Å²) in [5.74, 6) is -1.27. The number of para-hydroxylation sites is 1. The number of hydrogen-bond acceptors (Lipinski definition) is 6. The quantitative estimate of drug-likeness (QED) is 0.383. The van der Waals surface area contributed by atoms with Gasteiger partial charge >= 0.3 is 0 Å². The average Bonchev–Trinajstić information content (AvgIpc) is 3.50. The van der Waals surface area contributed by atoms with E-state index in [4.69, 9.17) is 4.74 Å².